The van der Waals surface area contributed by atoms with Crippen molar-refractivity contribution in [2.75, 3.05) is 11.9 Å². The number of hydrogen-bond donors (Lipinski definition) is 2. The van der Waals surface area contributed by atoms with Gasteiger partial charge in [-0.05, 0) is 36.1 Å². The summed E-state index contributed by atoms with van der Waals surface area (Å²) in [6.07, 6.45) is 0.176. The molecule has 0 bridgehead atoms. The van der Waals surface area contributed by atoms with Crippen LogP contribution in [-0.2, 0) is 20.9 Å². The second-order valence-electron chi connectivity index (χ2n) is 7.94. The Hall–Kier alpha value is -3.93. The van der Waals surface area contributed by atoms with E-state index in [4.69, 9.17) is 4.74 Å². The molecule has 0 aromatic heterocycles. The number of nitrogens with one attached hydrogen (secondary N) is 2. The first-order valence-electron chi connectivity index (χ1n) is 10.9. The number of anilines is 1. The number of ether oxygens (including phenoxy) is 1. The molecule has 0 unspecified atom stereocenters. The van der Waals surface area contributed by atoms with Gasteiger partial charge in [0.2, 0.25) is 0 Å². The molecular formula is C27H28N2O4. The zero-order chi connectivity index (χ0) is 23.6. The summed E-state index contributed by atoms with van der Waals surface area (Å²) in [4.78, 5) is 37.1. The molecule has 3 aromatic carbocycles. The van der Waals surface area contributed by atoms with Gasteiger partial charge in [0.1, 0.15) is 0 Å². The van der Waals surface area contributed by atoms with Gasteiger partial charge in [-0.15, -0.1) is 0 Å². The van der Waals surface area contributed by atoms with Crippen molar-refractivity contribution in [3.8, 4) is 0 Å². The molecule has 170 valence electrons. The van der Waals surface area contributed by atoms with E-state index in [2.05, 4.69) is 10.6 Å². The largest absolute Gasteiger partial charge is 0.456 e. The lowest BCUT2D eigenvalue weighted by molar-refractivity contribution is -0.147. The Bertz CT molecular complexity index is 1090. The fraction of sp³-hybridized carbons (Fsp3) is 0.222. The molecule has 0 heterocycles. The number of aryl methyl sites for hydroxylation is 1. The van der Waals surface area contributed by atoms with Gasteiger partial charge >= 0.3 is 5.97 Å². The standard InChI is InChI=1S/C27H28N2O4/c1-19-12-14-21(15-13-19)17-28-27(32)23-10-6-7-11-24(23)29-25(30)18-33-26(31)16-20(2)22-8-4-3-5-9-22/h3-15,20H,16-18H2,1-2H3,(H,28,32)(H,29,30)/t20-/m0/s1. The Morgan fingerprint density at radius 2 is 1.55 bits per heavy atom. The minimum absolute atomic E-state index is 0.0142. The van der Waals surface area contributed by atoms with E-state index in [-0.39, 0.29) is 18.2 Å². The normalized spacial score (nSPS) is 11.3. The molecule has 0 saturated heterocycles. The second-order valence-corrected chi connectivity index (χ2v) is 7.94. The van der Waals surface area contributed by atoms with E-state index in [1.807, 2.05) is 68.4 Å². The van der Waals surface area contributed by atoms with Crippen LogP contribution in [0.15, 0.2) is 78.9 Å². The molecule has 0 radical (unpaired) electrons. The summed E-state index contributed by atoms with van der Waals surface area (Å²) in [7, 11) is 0. The molecular weight excluding hydrogens is 416 g/mol. The Morgan fingerprint density at radius 1 is 0.879 bits per heavy atom. The van der Waals surface area contributed by atoms with E-state index in [0.717, 1.165) is 16.7 Å². The Labute approximate surface area is 194 Å². The van der Waals surface area contributed by atoms with E-state index in [1.165, 1.54) is 0 Å². The quantitative estimate of drug-likeness (QED) is 0.473. The fourth-order valence-electron chi connectivity index (χ4n) is 3.31. The van der Waals surface area contributed by atoms with Gasteiger partial charge in [0.25, 0.3) is 11.8 Å². The monoisotopic (exact) mass is 444 g/mol. The van der Waals surface area contributed by atoms with Crippen LogP contribution in [0, 0.1) is 6.92 Å². The van der Waals surface area contributed by atoms with Crippen LogP contribution in [0.2, 0.25) is 0 Å². The fourth-order valence-corrected chi connectivity index (χ4v) is 3.31. The van der Waals surface area contributed by atoms with E-state index < -0.39 is 18.5 Å². The van der Waals surface area contributed by atoms with Crippen molar-refractivity contribution in [3.63, 3.8) is 0 Å². The average Bonchev–Trinajstić information content (AvgIpc) is 2.83. The molecule has 0 aliphatic carbocycles. The number of benzene rings is 3. The Kier molecular flexibility index (Phi) is 8.36. The average molecular weight is 445 g/mol. The van der Waals surface area contributed by atoms with Gasteiger partial charge in [-0.25, -0.2) is 0 Å². The minimum atomic E-state index is -0.505. The Balaban J connectivity index is 1.51. The number of carbonyl (C=O) groups excluding carboxylic acids is 3. The van der Waals surface area contributed by atoms with Crippen LogP contribution in [0.25, 0.3) is 0 Å². The van der Waals surface area contributed by atoms with Crippen LogP contribution in [0.3, 0.4) is 0 Å². The van der Waals surface area contributed by atoms with Crippen molar-refractivity contribution in [2.24, 2.45) is 0 Å². The third-order valence-electron chi connectivity index (χ3n) is 5.23. The summed E-state index contributed by atoms with van der Waals surface area (Å²) in [6, 6.07) is 24.2. The molecule has 2 N–H and O–H groups in total. The van der Waals surface area contributed by atoms with Gasteiger partial charge in [-0.2, -0.15) is 0 Å². The van der Waals surface area contributed by atoms with Crippen LogP contribution < -0.4 is 10.6 Å². The van der Waals surface area contributed by atoms with Gasteiger partial charge in [0, 0.05) is 6.54 Å². The van der Waals surface area contributed by atoms with Gasteiger partial charge in [-0.1, -0.05) is 79.2 Å². The van der Waals surface area contributed by atoms with Crippen LogP contribution in [-0.4, -0.2) is 24.4 Å². The smallest absolute Gasteiger partial charge is 0.306 e. The highest BCUT2D eigenvalue weighted by Crippen LogP contribution is 2.19. The number of para-hydroxylation sites is 1. The van der Waals surface area contributed by atoms with E-state index >= 15 is 0 Å². The first-order chi connectivity index (χ1) is 15.9. The van der Waals surface area contributed by atoms with Crippen molar-refractivity contribution < 1.29 is 19.1 Å². The molecule has 3 rings (SSSR count). The predicted molar refractivity (Wildman–Crippen MR) is 128 cm³/mol. The van der Waals surface area contributed by atoms with Crippen molar-refractivity contribution in [2.45, 2.75) is 32.7 Å². The van der Waals surface area contributed by atoms with Crippen LogP contribution >= 0.6 is 0 Å². The molecule has 6 heteroatoms. The number of amides is 2. The molecule has 0 spiro atoms. The van der Waals surface area contributed by atoms with E-state index in [9.17, 15) is 14.4 Å². The van der Waals surface area contributed by atoms with E-state index in [1.54, 1.807) is 24.3 Å². The highest BCUT2D eigenvalue weighted by molar-refractivity contribution is 6.04. The molecule has 2 amide bonds. The van der Waals surface area contributed by atoms with Crippen molar-refractivity contribution >= 4 is 23.5 Å². The first-order valence-corrected chi connectivity index (χ1v) is 10.9. The number of carbonyl (C=O) groups is 3. The summed E-state index contributed by atoms with van der Waals surface area (Å²) < 4.78 is 5.13. The van der Waals surface area contributed by atoms with Gasteiger partial charge in [-0.3, -0.25) is 14.4 Å². The predicted octanol–water partition coefficient (Wildman–Crippen LogP) is 4.60. The van der Waals surface area contributed by atoms with Crippen molar-refractivity contribution in [1.82, 2.24) is 5.32 Å². The van der Waals surface area contributed by atoms with Crippen LogP contribution in [0.1, 0.15) is 46.3 Å². The molecule has 0 saturated carbocycles. The van der Waals surface area contributed by atoms with Gasteiger partial charge < -0.3 is 15.4 Å². The minimum Gasteiger partial charge on any atom is -0.456 e. The van der Waals surface area contributed by atoms with Gasteiger partial charge in [0.15, 0.2) is 6.61 Å². The molecule has 3 aromatic rings. The summed E-state index contributed by atoms with van der Waals surface area (Å²) >= 11 is 0. The maximum absolute atomic E-state index is 12.7. The maximum atomic E-state index is 12.7. The zero-order valence-corrected chi connectivity index (χ0v) is 18.8. The molecule has 1 atom stereocenters. The Morgan fingerprint density at radius 3 is 2.27 bits per heavy atom. The molecule has 0 aliphatic rings. The molecule has 0 fully saturated rings. The summed E-state index contributed by atoms with van der Waals surface area (Å²) in [5, 5.41) is 5.52. The highest BCUT2D eigenvalue weighted by Gasteiger charge is 2.16. The maximum Gasteiger partial charge on any atom is 0.306 e. The zero-order valence-electron chi connectivity index (χ0n) is 18.8. The van der Waals surface area contributed by atoms with Gasteiger partial charge in [0.05, 0.1) is 17.7 Å². The lowest BCUT2D eigenvalue weighted by Crippen LogP contribution is -2.26. The molecule has 6 nitrogen and oxygen atoms in total. The highest BCUT2D eigenvalue weighted by atomic mass is 16.5. The van der Waals surface area contributed by atoms with E-state index in [0.29, 0.717) is 17.8 Å². The summed E-state index contributed by atoms with van der Waals surface area (Å²) in [6.45, 7) is 3.89. The topological polar surface area (TPSA) is 84.5 Å². The number of hydrogen-bond acceptors (Lipinski definition) is 4. The SMILES string of the molecule is Cc1ccc(CNC(=O)c2ccccc2NC(=O)COC(=O)C[C@H](C)c2ccccc2)cc1. The lowest BCUT2D eigenvalue weighted by Gasteiger charge is -2.13. The van der Waals surface area contributed by atoms with Crippen molar-refractivity contribution in [1.29, 1.82) is 0 Å². The van der Waals surface area contributed by atoms with Crippen molar-refractivity contribution in [3.05, 3.63) is 101 Å². The molecule has 33 heavy (non-hydrogen) atoms. The van der Waals surface area contributed by atoms with Crippen LogP contribution in [0.4, 0.5) is 5.69 Å². The first kappa shape index (κ1) is 23.7. The van der Waals surface area contributed by atoms with Crippen LogP contribution in [0.5, 0.6) is 0 Å². The number of esters is 1. The third kappa shape index (κ3) is 7.31. The summed E-state index contributed by atoms with van der Waals surface area (Å²) in [5.41, 5.74) is 3.85. The lowest BCUT2D eigenvalue weighted by atomic mass is 9.98. The second kappa shape index (κ2) is 11.6. The number of rotatable bonds is 9. The molecule has 0 aliphatic heterocycles. The summed E-state index contributed by atoms with van der Waals surface area (Å²) in [5.74, 6) is -1.28. The third-order valence-corrected chi connectivity index (χ3v) is 5.23.